The number of carboxylic acid groups (broad SMARTS) is 1. The Hall–Kier alpha value is -2.83. The molecule has 26 heavy (non-hydrogen) atoms. The molecule has 0 aliphatic carbocycles. The van der Waals surface area contributed by atoms with Crippen LogP contribution in [0.3, 0.4) is 0 Å². The average molecular weight is 365 g/mol. The van der Waals surface area contributed by atoms with Crippen LogP contribution in [-0.4, -0.2) is 35.1 Å². The summed E-state index contributed by atoms with van der Waals surface area (Å²) in [7, 11) is 1.60. The summed E-state index contributed by atoms with van der Waals surface area (Å²) in [6.45, 7) is 0.286. The summed E-state index contributed by atoms with van der Waals surface area (Å²) in [5.41, 5.74) is 1.83. The van der Waals surface area contributed by atoms with Crippen molar-refractivity contribution in [2.45, 2.75) is 25.6 Å². The molecular formula is C19H18F3NO3. The van der Waals surface area contributed by atoms with Gasteiger partial charge in [0.05, 0.1) is 5.56 Å². The highest BCUT2D eigenvalue weighted by atomic mass is 19.4. The van der Waals surface area contributed by atoms with Crippen LogP contribution in [0.15, 0.2) is 48.5 Å². The number of hydrogen-bond donors (Lipinski definition) is 1. The minimum Gasteiger partial charge on any atom is -0.478 e. The Morgan fingerprint density at radius 2 is 1.42 bits per heavy atom. The highest BCUT2D eigenvalue weighted by molar-refractivity contribution is 5.94. The topological polar surface area (TPSA) is 57.6 Å². The standard InChI is InChI=1S/C19H18F3NO3/c1-23(12-14-4-8-16(9-5-14)18(25)26)17(24)15-6-2-13(3-7-15)10-11-19(20,21)22/h2-9H,10-12H2,1H3,(H,25,26). The second kappa shape index (κ2) is 8.03. The van der Waals surface area contributed by atoms with Crippen molar-refractivity contribution in [3.05, 3.63) is 70.8 Å². The molecule has 4 nitrogen and oxygen atoms in total. The van der Waals surface area contributed by atoms with Crippen molar-refractivity contribution in [2.24, 2.45) is 0 Å². The molecule has 7 heteroatoms. The number of nitrogens with zero attached hydrogens (tertiary/aromatic N) is 1. The van der Waals surface area contributed by atoms with Gasteiger partial charge in [-0.1, -0.05) is 24.3 Å². The smallest absolute Gasteiger partial charge is 0.389 e. The lowest BCUT2D eigenvalue weighted by atomic mass is 10.1. The first-order valence-electron chi connectivity index (χ1n) is 7.89. The molecular weight excluding hydrogens is 347 g/mol. The van der Waals surface area contributed by atoms with Gasteiger partial charge in [0.25, 0.3) is 5.91 Å². The van der Waals surface area contributed by atoms with Gasteiger partial charge >= 0.3 is 12.1 Å². The van der Waals surface area contributed by atoms with Gasteiger partial charge in [-0.25, -0.2) is 4.79 Å². The Bertz CT molecular complexity index is 768. The van der Waals surface area contributed by atoms with Gasteiger partial charge in [0.2, 0.25) is 0 Å². The minimum atomic E-state index is -4.20. The number of aryl methyl sites for hydroxylation is 1. The van der Waals surface area contributed by atoms with E-state index >= 15 is 0 Å². The van der Waals surface area contributed by atoms with E-state index in [1.807, 2.05) is 0 Å². The third-order valence-electron chi connectivity index (χ3n) is 3.87. The van der Waals surface area contributed by atoms with Crippen LogP contribution in [0, 0.1) is 0 Å². The van der Waals surface area contributed by atoms with Crippen molar-refractivity contribution >= 4 is 11.9 Å². The number of aromatic carboxylic acids is 1. The summed E-state index contributed by atoms with van der Waals surface area (Å²) in [5.74, 6) is -1.29. The molecule has 138 valence electrons. The predicted molar refractivity (Wildman–Crippen MR) is 90.0 cm³/mol. The zero-order chi connectivity index (χ0) is 19.3. The van der Waals surface area contributed by atoms with Crippen LogP contribution in [0.2, 0.25) is 0 Å². The molecule has 1 N–H and O–H groups in total. The third kappa shape index (κ3) is 5.61. The Kier molecular flexibility index (Phi) is 6.02. The van der Waals surface area contributed by atoms with E-state index in [1.54, 1.807) is 19.2 Å². The lowest BCUT2D eigenvalue weighted by Crippen LogP contribution is -2.26. The second-order valence-electron chi connectivity index (χ2n) is 5.98. The molecule has 1 amide bonds. The highest BCUT2D eigenvalue weighted by Gasteiger charge is 2.26. The van der Waals surface area contributed by atoms with Crippen LogP contribution in [0.1, 0.15) is 38.3 Å². The average Bonchev–Trinajstić information content (AvgIpc) is 2.59. The molecule has 2 aromatic rings. The monoisotopic (exact) mass is 365 g/mol. The van der Waals surface area contributed by atoms with E-state index in [2.05, 4.69) is 0 Å². The molecule has 0 radical (unpaired) electrons. The van der Waals surface area contributed by atoms with Gasteiger partial charge in [0.15, 0.2) is 0 Å². The van der Waals surface area contributed by atoms with E-state index in [1.165, 1.54) is 41.3 Å². The normalized spacial score (nSPS) is 11.2. The van der Waals surface area contributed by atoms with E-state index in [0.717, 1.165) is 5.56 Å². The van der Waals surface area contributed by atoms with Gasteiger partial charge in [-0.05, 0) is 41.8 Å². The molecule has 0 atom stereocenters. The maximum absolute atomic E-state index is 12.4. The van der Waals surface area contributed by atoms with E-state index in [-0.39, 0.29) is 24.4 Å². The maximum Gasteiger partial charge on any atom is 0.389 e. The molecule has 0 bridgehead atoms. The zero-order valence-electron chi connectivity index (χ0n) is 14.1. The molecule has 0 spiro atoms. The number of benzene rings is 2. The largest absolute Gasteiger partial charge is 0.478 e. The van der Waals surface area contributed by atoms with E-state index in [9.17, 15) is 22.8 Å². The van der Waals surface area contributed by atoms with Gasteiger partial charge in [0.1, 0.15) is 0 Å². The van der Waals surface area contributed by atoms with Crippen LogP contribution in [-0.2, 0) is 13.0 Å². The lowest BCUT2D eigenvalue weighted by Gasteiger charge is -2.17. The highest BCUT2D eigenvalue weighted by Crippen LogP contribution is 2.22. The molecule has 0 aliphatic heterocycles. The summed E-state index contributed by atoms with van der Waals surface area (Å²) in [4.78, 5) is 24.7. The summed E-state index contributed by atoms with van der Waals surface area (Å²) in [5, 5.41) is 8.87. The molecule has 0 aliphatic rings. The summed E-state index contributed by atoms with van der Waals surface area (Å²) >= 11 is 0. The number of halogens is 3. The molecule has 0 unspecified atom stereocenters. The first kappa shape index (κ1) is 19.5. The molecule has 2 aromatic carbocycles. The molecule has 0 saturated heterocycles. The van der Waals surface area contributed by atoms with Crippen LogP contribution in [0.25, 0.3) is 0 Å². The number of carbonyl (C=O) groups excluding carboxylic acids is 1. The fraction of sp³-hybridized carbons (Fsp3) is 0.263. The van der Waals surface area contributed by atoms with Crippen molar-refractivity contribution in [3.63, 3.8) is 0 Å². The van der Waals surface area contributed by atoms with Crippen molar-refractivity contribution < 1.29 is 27.9 Å². The van der Waals surface area contributed by atoms with Gasteiger partial charge in [-0.15, -0.1) is 0 Å². The van der Waals surface area contributed by atoms with Crippen LogP contribution >= 0.6 is 0 Å². The fourth-order valence-electron chi connectivity index (χ4n) is 2.42. The Morgan fingerprint density at radius 1 is 0.923 bits per heavy atom. The van der Waals surface area contributed by atoms with Gasteiger partial charge in [-0.2, -0.15) is 13.2 Å². The third-order valence-corrected chi connectivity index (χ3v) is 3.87. The quantitative estimate of drug-likeness (QED) is 0.837. The number of carbonyl (C=O) groups is 2. The first-order valence-corrected chi connectivity index (χ1v) is 7.89. The molecule has 2 rings (SSSR count). The maximum atomic E-state index is 12.4. The van der Waals surface area contributed by atoms with Crippen molar-refractivity contribution in [3.8, 4) is 0 Å². The number of amides is 1. The predicted octanol–water partition coefficient (Wildman–Crippen LogP) is 4.15. The number of hydrogen-bond acceptors (Lipinski definition) is 2. The Labute approximate surface area is 148 Å². The first-order chi connectivity index (χ1) is 12.2. The van der Waals surface area contributed by atoms with Gasteiger partial charge in [-0.3, -0.25) is 4.79 Å². The summed E-state index contributed by atoms with van der Waals surface area (Å²) in [6, 6.07) is 12.3. The van der Waals surface area contributed by atoms with E-state index in [0.29, 0.717) is 11.1 Å². The molecule has 0 heterocycles. The molecule has 0 fully saturated rings. The van der Waals surface area contributed by atoms with Crippen LogP contribution in [0.4, 0.5) is 13.2 Å². The van der Waals surface area contributed by atoms with Crippen LogP contribution < -0.4 is 0 Å². The summed E-state index contributed by atoms with van der Waals surface area (Å²) < 4.78 is 36.7. The molecule has 0 aromatic heterocycles. The second-order valence-corrected chi connectivity index (χ2v) is 5.98. The van der Waals surface area contributed by atoms with Crippen molar-refractivity contribution in [1.82, 2.24) is 4.90 Å². The lowest BCUT2D eigenvalue weighted by molar-refractivity contribution is -0.134. The van der Waals surface area contributed by atoms with E-state index < -0.39 is 18.6 Å². The minimum absolute atomic E-state index is 0.121. The molecule has 0 saturated carbocycles. The number of carboxylic acids is 1. The van der Waals surface area contributed by atoms with Crippen molar-refractivity contribution in [1.29, 1.82) is 0 Å². The van der Waals surface area contributed by atoms with Gasteiger partial charge in [0, 0.05) is 25.6 Å². The van der Waals surface area contributed by atoms with Crippen molar-refractivity contribution in [2.75, 3.05) is 7.05 Å². The Morgan fingerprint density at radius 3 is 1.92 bits per heavy atom. The number of rotatable bonds is 6. The summed E-state index contributed by atoms with van der Waals surface area (Å²) in [6.07, 6.45) is -5.22. The van der Waals surface area contributed by atoms with Gasteiger partial charge < -0.3 is 10.0 Å². The number of alkyl halides is 3. The van der Waals surface area contributed by atoms with Crippen LogP contribution in [0.5, 0.6) is 0 Å². The zero-order valence-corrected chi connectivity index (χ0v) is 14.1. The van der Waals surface area contributed by atoms with E-state index in [4.69, 9.17) is 5.11 Å². The SMILES string of the molecule is CN(Cc1ccc(C(=O)O)cc1)C(=O)c1ccc(CCC(F)(F)F)cc1. The Balaban J connectivity index is 1.98. The fourth-order valence-corrected chi connectivity index (χ4v) is 2.42.